The number of allylic oxidation sites excluding steroid dienone is 2. The van der Waals surface area contributed by atoms with E-state index in [-0.39, 0.29) is 0 Å². The summed E-state index contributed by atoms with van der Waals surface area (Å²) in [6.45, 7) is 2.00. The maximum Gasteiger partial charge on any atom is 0.164 e. The molecule has 0 aliphatic heterocycles. The van der Waals surface area contributed by atoms with E-state index in [1.165, 1.54) is 0 Å². The molecule has 0 aromatic heterocycles. The topological polar surface area (TPSA) is 42.2 Å². The minimum absolute atomic E-state index is 0.739. The van der Waals surface area contributed by atoms with Gasteiger partial charge in [-0.15, -0.1) is 0 Å². The Morgan fingerprint density at radius 1 is 1.29 bits per heavy atom. The molecule has 88 valence electrons. The Labute approximate surface area is 101 Å². The van der Waals surface area contributed by atoms with Gasteiger partial charge >= 0.3 is 0 Å². The lowest BCUT2D eigenvalue weighted by Crippen LogP contribution is -2.06. The molecular weight excluding hydrogens is 214 g/mol. The van der Waals surface area contributed by atoms with E-state index in [0.717, 1.165) is 46.6 Å². The number of nitrogens with zero attached hydrogens (tertiary/aromatic N) is 1. The molecule has 0 unspecified atom stereocenters. The molecule has 1 aromatic rings. The van der Waals surface area contributed by atoms with Gasteiger partial charge in [0.25, 0.3) is 0 Å². The molecule has 0 radical (unpaired) electrons. The van der Waals surface area contributed by atoms with Gasteiger partial charge in [-0.05, 0) is 31.4 Å². The Morgan fingerprint density at radius 2 is 2.06 bits per heavy atom. The van der Waals surface area contributed by atoms with Crippen LogP contribution in [0.25, 0.3) is 5.57 Å². The van der Waals surface area contributed by atoms with Crippen molar-refractivity contribution in [2.75, 3.05) is 14.2 Å². The van der Waals surface area contributed by atoms with Gasteiger partial charge in [0.2, 0.25) is 0 Å². The smallest absolute Gasteiger partial charge is 0.164 e. The van der Waals surface area contributed by atoms with Gasteiger partial charge in [0.15, 0.2) is 11.5 Å². The van der Waals surface area contributed by atoms with Gasteiger partial charge < -0.3 is 9.47 Å². The second-order valence-corrected chi connectivity index (χ2v) is 4.05. The fourth-order valence-corrected chi connectivity index (χ4v) is 2.39. The number of fused-ring (bicyclic) bond motifs is 1. The molecule has 0 spiro atoms. The molecule has 0 fully saturated rings. The standard InChI is InChI=1S/C14H15NO2/c1-9-7-12(16-2)14(17-3)11-6-4-5-10(8-15)13(9)11/h5,7H,4,6H2,1-3H3. The van der Waals surface area contributed by atoms with Crippen LogP contribution in [0.5, 0.6) is 11.5 Å². The highest BCUT2D eigenvalue weighted by molar-refractivity contribution is 5.84. The van der Waals surface area contributed by atoms with Gasteiger partial charge in [0.1, 0.15) is 0 Å². The predicted octanol–water partition coefficient (Wildman–Crippen LogP) is 2.87. The summed E-state index contributed by atoms with van der Waals surface area (Å²) in [7, 11) is 3.27. The zero-order chi connectivity index (χ0) is 12.4. The van der Waals surface area contributed by atoms with Crippen LogP contribution in [-0.2, 0) is 6.42 Å². The number of methoxy groups -OCH3 is 2. The molecule has 0 atom stereocenters. The van der Waals surface area contributed by atoms with E-state index in [2.05, 4.69) is 6.07 Å². The molecule has 0 bridgehead atoms. The Bertz CT molecular complexity index is 524. The normalized spacial score (nSPS) is 13.4. The fraction of sp³-hybridized carbons (Fsp3) is 0.357. The van der Waals surface area contributed by atoms with Gasteiger partial charge in [-0.3, -0.25) is 0 Å². The maximum absolute atomic E-state index is 9.16. The SMILES string of the molecule is COc1cc(C)c2c(c1OC)CCC=C2C#N. The molecule has 0 heterocycles. The van der Waals surface area contributed by atoms with Crippen molar-refractivity contribution >= 4 is 5.57 Å². The van der Waals surface area contributed by atoms with Gasteiger partial charge in [0, 0.05) is 11.1 Å². The summed E-state index contributed by atoms with van der Waals surface area (Å²) >= 11 is 0. The zero-order valence-electron chi connectivity index (χ0n) is 10.3. The van der Waals surface area contributed by atoms with Gasteiger partial charge in [-0.2, -0.15) is 5.26 Å². The minimum Gasteiger partial charge on any atom is -0.493 e. The van der Waals surface area contributed by atoms with Crippen LogP contribution in [0, 0.1) is 18.3 Å². The highest BCUT2D eigenvalue weighted by Crippen LogP contribution is 2.41. The highest BCUT2D eigenvalue weighted by atomic mass is 16.5. The van der Waals surface area contributed by atoms with Crippen LogP contribution in [0.3, 0.4) is 0 Å². The predicted molar refractivity (Wildman–Crippen MR) is 66.2 cm³/mol. The summed E-state index contributed by atoms with van der Waals surface area (Å²) in [6.07, 6.45) is 3.75. The van der Waals surface area contributed by atoms with Crippen LogP contribution in [0.2, 0.25) is 0 Å². The maximum atomic E-state index is 9.16. The van der Waals surface area contributed by atoms with Crippen LogP contribution in [0.1, 0.15) is 23.1 Å². The first-order chi connectivity index (χ1) is 8.22. The Hall–Kier alpha value is -1.95. The monoisotopic (exact) mass is 229 g/mol. The number of aryl methyl sites for hydroxylation is 1. The largest absolute Gasteiger partial charge is 0.493 e. The third-order valence-electron chi connectivity index (χ3n) is 3.10. The highest BCUT2D eigenvalue weighted by Gasteiger charge is 2.22. The lowest BCUT2D eigenvalue weighted by Gasteiger charge is -2.21. The summed E-state index contributed by atoms with van der Waals surface area (Å²) in [5, 5.41) is 9.16. The third-order valence-corrected chi connectivity index (χ3v) is 3.10. The zero-order valence-corrected chi connectivity index (χ0v) is 10.3. The molecule has 3 heteroatoms. The second-order valence-electron chi connectivity index (χ2n) is 4.05. The molecule has 0 N–H and O–H groups in total. The summed E-state index contributed by atoms with van der Waals surface area (Å²) in [6, 6.07) is 4.18. The van der Waals surface area contributed by atoms with E-state index in [9.17, 15) is 0 Å². The lowest BCUT2D eigenvalue weighted by molar-refractivity contribution is 0.351. The van der Waals surface area contributed by atoms with E-state index in [0.29, 0.717) is 0 Å². The molecule has 0 saturated heterocycles. The van der Waals surface area contributed by atoms with Gasteiger partial charge in [0.05, 0.1) is 25.9 Å². The third kappa shape index (κ3) is 1.76. The van der Waals surface area contributed by atoms with Crippen molar-refractivity contribution in [3.63, 3.8) is 0 Å². The van der Waals surface area contributed by atoms with Gasteiger partial charge in [-0.25, -0.2) is 0 Å². The first-order valence-corrected chi connectivity index (χ1v) is 5.58. The molecule has 1 aromatic carbocycles. The fourth-order valence-electron chi connectivity index (χ4n) is 2.39. The van der Waals surface area contributed by atoms with Gasteiger partial charge in [-0.1, -0.05) is 6.08 Å². The molecule has 2 rings (SSSR count). The van der Waals surface area contributed by atoms with Crippen molar-refractivity contribution in [1.29, 1.82) is 5.26 Å². The van der Waals surface area contributed by atoms with Crippen molar-refractivity contribution in [2.24, 2.45) is 0 Å². The van der Waals surface area contributed by atoms with Crippen LogP contribution in [-0.4, -0.2) is 14.2 Å². The van der Waals surface area contributed by atoms with E-state index in [4.69, 9.17) is 14.7 Å². The summed E-state index contributed by atoms with van der Waals surface area (Å²) in [4.78, 5) is 0. The van der Waals surface area contributed by atoms with Crippen LogP contribution < -0.4 is 9.47 Å². The average molecular weight is 229 g/mol. The number of benzene rings is 1. The van der Waals surface area contributed by atoms with Crippen molar-refractivity contribution in [2.45, 2.75) is 19.8 Å². The van der Waals surface area contributed by atoms with E-state index < -0.39 is 0 Å². The Kier molecular flexibility index (Phi) is 3.06. The molecule has 17 heavy (non-hydrogen) atoms. The van der Waals surface area contributed by atoms with Crippen molar-refractivity contribution in [3.05, 3.63) is 28.8 Å². The molecule has 3 nitrogen and oxygen atoms in total. The van der Waals surface area contributed by atoms with Crippen molar-refractivity contribution in [1.82, 2.24) is 0 Å². The molecule has 1 aliphatic rings. The van der Waals surface area contributed by atoms with Crippen LogP contribution in [0.4, 0.5) is 0 Å². The summed E-state index contributed by atoms with van der Waals surface area (Å²) in [5.41, 5.74) is 3.90. The quantitative estimate of drug-likeness (QED) is 0.783. The first kappa shape index (κ1) is 11.5. The van der Waals surface area contributed by atoms with Crippen LogP contribution in [0.15, 0.2) is 12.1 Å². The van der Waals surface area contributed by atoms with Crippen molar-refractivity contribution < 1.29 is 9.47 Å². The second kappa shape index (κ2) is 4.50. The van der Waals surface area contributed by atoms with E-state index in [1.54, 1.807) is 14.2 Å². The minimum atomic E-state index is 0.739. The molecular formula is C14H15NO2. The molecule has 1 aliphatic carbocycles. The number of rotatable bonds is 2. The molecule has 0 amide bonds. The molecule has 0 saturated carbocycles. The number of nitriles is 1. The first-order valence-electron chi connectivity index (χ1n) is 5.58. The number of ether oxygens (including phenoxy) is 2. The van der Waals surface area contributed by atoms with E-state index in [1.807, 2.05) is 19.1 Å². The van der Waals surface area contributed by atoms with E-state index >= 15 is 0 Å². The number of hydrogen-bond acceptors (Lipinski definition) is 3. The summed E-state index contributed by atoms with van der Waals surface area (Å²) < 4.78 is 10.7. The average Bonchev–Trinajstić information content (AvgIpc) is 2.37. The lowest BCUT2D eigenvalue weighted by atomic mass is 9.87. The Morgan fingerprint density at radius 3 is 2.65 bits per heavy atom. The van der Waals surface area contributed by atoms with Crippen LogP contribution >= 0.6 is 0 Å². The van der Waals surface area contributed by atoms with Crippen molar-refractivity contribution in [3.8, 4) is 17.6 Å². The Balaban J connectivity index is 2.73. The number of hydrogen-bond donors (Lipinski definition) is 0. The summed E-state index contributed by atoms with van der Waals surface area (Å²) in [5.74, 6) is 1.50.